The number of rotatable bonds is 9. The van der Waals surface area contributed by atoms with Crippen molar-refractivity contribution < 1.29 is 19.4 Å². The molecule has 3 aromatic rings. The lowest BCUT2D eigenvalue weighted by atomic mass is 9.85. The van der Waals surface area contributed by atoms with Crippen LogP contribution in [0.3, 0.4) is 0 Å². The Balaban J connectivity index is 1.42. The van der Waals surface area contributed by atoms with Crippen LogP contribution in [0.15, 0.2) is 24.7 Å². The number of aliphatic hydroxyl groups is 1. The lowest BCUT2D eigenvalue weighted by Crippen LogP contribution is -2.37. The molecule has 1 aliphatic carbocycles. The van der Waals surface area contributed by atoms with Gasteiger partial charge in [-0.3, -0.25) is 9.48 Å². The first-order valence-corrected chi connectivity index (χ1v) is 12.7. The van der Waals surface area contributed by atoms with Crippen molar-refractivity contribution in [3.63, 3.8) is 0 Å². The first-order valence-electron chi connectivity index (χ1n) is 12.7. The highest BCUT2D eigenvalue weighted by Crippen LogP contribution is 2.37. The van der Waals surface area contributed by atoms with E-state index in [-0.39, 0.29) is 30.6 Å². The van der Waals surface area contributed by atoms with Crippen LogP contribution in [-0.4, -0.2) is 80.5 Å². The fourth-order valence-electron chi connectivity index (χ4n) is 5.14. The maximum atomic E-state index is 12.4. The van der Waals surface area contributed by atoms with Gasteiger partial charge in [0.05, 0.1) is 43.3 Å². The average Bonchev–Trinajstić information content (AvgIpc) is 3.60. The van der Waals surface area contributed by atoms with Gasteiger partial charge in [-0.1, -0.05) is 0 Å². The minimum Gasteiger partial charge on any atom is -0.393 e. The number of hydrogen-bond donors (Lipinski definition) is 3. The summed E-state index contributed by atoms with van der Waals surface area (Å²) in [5, 5.41) is 25.6. The fraction of sp³-hybridized carbons (Fsp3) is 0.600. The van der Waals surface area contributed by atoms with Crippen LogP contribution >= 0.6 is 0 Å². The molecule has 3 N–H and O–H groups in total. The highest BCUT2D eigenvalue weighted by Gasteiger charge is 2.26. The largest absolute Gasteiger partial charge is 0.393 e. The summed E-state index contributed by atoms with van der Waals surface area (Å²) in [5.74, 6) is 0.755. The second kappa shape index (κ2) is 10.9. The summed E-state index contributed by atoms with van der Waals surface area (Å²) in [6, 6.07) is 2.30. The van der Waals surface area contributed by atoms with Gasteiger partial charge in [0, 0.05) is 48.7 Å². The Morgan fingerprint density at radius 1 is 1.28 bits per heavy atom. The second-order valence-corrected chi connectivity index (χ2v) is 9.92. The molecule has 4 heterocycles. The molecule has 36 heavy (non-hydrogen) atoms. The third kappa shape index (κ3) is 5.53. The molecule has 1 saturated carbocycles. The molecule has 1 saturated heterocycles. The lowest BCUT2D eigenvalue weighted by molar-refractivity contribution is -0.122. The molecular formula is C25H35N7O4. The molecule has 2 atom stereocenters. The predicted molar refractivity (Wildman–Crippen MR) is 134 cm³/mol. The van der Waals surface area contributed by atoms with Crippen molar-refractivity contribution in [1.82, 2.24) is 29.7 Å². The molecule has 0 aromatic carbocycles. The minimum absolute atomic E-state index is 0.0657. The maximum absolute atomic E-state index is 12.4. The molecule has 194 valence electrons. The normalized spacial score (nSPS) is 23.1. The van der Waals surface area contributed by atoms with Crippen molar-refractivity contribution in [2.45, 2.75) is 69.7 Å². The molecule has 11 nitrogen and oxygen atoms in total. The van der Waals surface area contributed by atoms with Crippen LogP contribution in [-0.2, 0) is 20.8 Å². The molecule has 3 aromatic heterocycles. The standard InChI is InChI=1S/C25H35N7O4/c1-16(14-35-2)28-25-26-11-23-21(9-22(32(23)30-25)17-3-5-20(33)6-4-17)18-10-27-31(12-18)13-24(34)29-19-7-8-36-15-19/h9-12,16-17,19-20,33H,3-8,13-15H2,1-2H3,(H,28,30)(H,29,34)/t16-,17?,19-,20?/m0/s1. The zero-order valence-electron chi connectivity index (χ0n) is 20.9. The molecule has 2 aliphatic rings. The molecule has 0 unspecified atom stereocenters. The number of amides is 1. The highest BCUT2D eigenvalue weighted by molar-refractivity contribution is 5.81. The van der Waals surface area contributed by atoms with Gasteiger partial charge >= 0.3 is 0 Å². The molecule has 1 amide bonds. The van der Waals surface area contributed by atoms with E-state index in [1.165, 1.54) is 0 Å². The Morgan fingerprint density at radius 3 is 2.86 bits per heavy atom. The maximum Gasteiger partial charge on any atom is 0.242 e. The van der Waals surface area contributed by atoms with E-state index in [1.807, 2.05) is 23.8 Å². The highest BCUT2D eigenvalue weighted by atomic mass is 16.5. The van der Waals surface area contributed by atoms with Gasteiger partial charge < -0.3 is 25.2 Å². The molecule has 2 fully saturated rings. The smallest absolute Gasteiger partial charge is 0.242 e. The van der Waals surface area contributed by atoms with Crippen molar-refractivity contribution in [3.8, 4) is 11.1 Å². The zero-order valence-corrected chi connectivity index (χ0v) is 20.9. The zero-order chi connectivity index (χ0) is 25.1. The van der Waals surface area contributed by atoms with Crippen LogP contribution < -0.4 is 10.6 Å². The average molecular weight is 498 g/mol. The summed E-state index contributed by atoms with van der Waals surface area (Å²) in [4.78, 5) is 17.0. The van der Waals surface area contributed by atoms with Gasteiger partial charge in [-0.25, -0.2) is 9.50 Å². The van der Waals surface area contributed by atoms with Gasteiger partial charge in [-0.15, -0.1) is 5.10 Å². The van der Waals surface area contributed by atoms with Gasteiger partial charge in [0.2, 0.25) is 11.9 Å². The van der Waals surface area contributed by atoms with E-state index in [9.17, 15) is 9.90 Å². The molecule has 0 bridgehead atoms. The van der Waals surface area contributed by atoms with E-state index in [4.69, 9.17) is 14.6 Å². The van der Waals surface area contributed by atoms with E-state index in [2.05, 4.69) is 26.8 Å². The van der Waals surface area contributed by atoms with E-state index in [1.54, 1.807) is 18.0 Å². The topological polar surface area (TPSA) is 128 Å². The van der Waals surface area contributed by atoms with E-state index < -0.39 is 0 Å². The molecule has 5 rings (SSSR count). The number of anilines is 1. The number of methoxy groups -OCH3 is 1. The second-order valence-electron chi connectivity index (χ2n) is 9.92. The van der Waals surface area contributed by atoms with Crippen molar-refractivity contribution >= 4 is 17.4 Å². The van der Waals surface area contributed by atoms with E-state index in [0.29, 0.717) is 31.7 Å². The third-order valence-electron chi connectivity index (χ3n) is 7.00. The number of ether oxygens (including phenoxy) is 2. The van der Waals surface area contributed by atoms with Crippen molar-refractivity contribution in [2.75, 3.05) is 32.2 Å². The summed E-state index contributed by atoms with van der Waals surface area (Å²) >= 11 is 0. The quantitative estimate of drug-likeness (QED) is 0.409. The minimum atomic E-state index is -0.228. The number of fused-ring (bicyclic) bond motifs is 1. The number of nitrogens with zero attached hydrogens (tertiary/aromatic N) is 5. The summed E-state index contributed by atoms with van der Waals surface area (Å²) in [7, 11) is 1.67. The molecule has 0 radical (unpaired) electrons. The summed E-state index contributed by atoms with van der Waals surface area (Å²) in [5.41, 5.74) is 3.86. The molecule has 0 spiro atoms. The SMILES string of the molecule is COC[C@H](C)Nc1ncc2c(-c3cnn(CC(=O)N[C@H]4CCOC4)c3)cc(C3CCC(O)CC3)n2n1. The van der Waals surface area contributed by atoms with E-state index in [0.717, 1.165) is 54.4 Å². The van der Waals surface area contributed by atoms with Gasteiger partial charge in [0.1, 0.15) is 6.54 Å². The Kier molecular flexibility index (Phi) is 7.49. The Hall–Kier alpha value is -3.02. The van der Waals surface area contributed by atoms with Crippen molar-refractivity contribution in [2.24, 2.45) is 0 Å². The lowest BCUT2D eigenvalue weighted by Gasteiger charge is -2.25. The van der Waals surface area contributed by atoms with Gasteiger partial charge in [-0.2, -0.15) is 5.10 Å². The molecular weight excluding hydrogens is 462 g/mol. The first kappa shape index (κ1) is 24.7. The Labute approximate surface area is 210 Å². The van der Waals surface area contributed by atoms with Crippen LogP contribution in [0.25, 0.3) is 16.6 Å². The number of aromatic nitrogens is 5. The van der Waals surface area contributed by atoms with Crippen molar-refractivity contribution in [3.05, 3.63) is 30.4 Å². The van der Waals surface area contributed by atoms with Gasteiger partial charge in [0.25, 0.3) is 0 Å². The summed E-state index contributed by atoms with van der Waals surface area (Å²) in [6.45, 7) is 3.97. The van der Waals surface area contributed by atoms with E-state index >= 15 is 0 Å². The van der Waals surface area contributed by atoms with Gasteiger partial charge in [-0.05, 0) is 45.1 Å². The third-order valence-corrected chi connectivity index (χ3v) is 7.00. The Bertz CT molecular complexity index is 1180. The monoisotopic (exact) mass is 497 g/mol. The van der Waals surface area contributed by atoms with Crippen molar-refractivity contribution in [1.29, 1.82) is 0 Å². The molecule has 11 heteroatoms. The number of nitrogens with one attached hydrogen (secondary N) is 2. The summed E-state index contributed by atoms with van der Waals surface area (Å²) < 4.78 is 14.2. The summed E-state index contributed by atoms with van der Waals surface area (Å²) in [6.07, 6.45) is 9.50. The van der Waals surface area contributed by atoms with Crippen LogP contribution in [0.4, 0.5) is 5.95 Å². The first-order chi connectivity index (χ1) is 17.5. The fourth-order valence-corrected chi connectivity index (χ4v) is 5.14. The van der Waals surface area contributed by atoms with Gasteiger partial charge in [0.15, 0.2) is 0 Å². The number of hydrogen-bond acceptors (Lipinski definition) is 8. The molecule has 1 aliphatic heterocycles. The number of aliphatic hydroxyl groups excluding tert-OH is 1. The number of carbonyl (C=O) groups is 1. The van der Waals surface area contributed by atoms with Crippen LogP contribution in [0, 0.1) is 0 Å². The van der Waals surface area contributed by atoms with Crippen LogP contribution in [0.2, 0.25) is 0 Å². The predicted octanol–water partition coefficient (Wildman–Crippen LogP) is 1.96. The van der Waals surface area contributed by atoms with Crippen LogP contribution in [0.1, 0.15) is 50.6 Å². The number of carbonyl (C=O) groups excluding carboxylic acids is 1. The van der Waals surface area contributed by atoms with Crippen LogP contribution in [0.5, 0.6) is 0 Å². The Morgan fingerprint density at radius 2 is 2.11 bits per heavy atom.